The van der Waals surface area contributed by atoms with E-state index in [4.69, 9.17) is 14.2 Å². The quantitative estimate of drug-likeness (QED) is 0.0262. The maximum absolute atomic E-state index is 12.8. The second kappa shape index (κ2) is 51.5. The van der Waals surface area contributed by atoms with Crippen molar-refractivity contribution in [2.75, 3.05) is 13.2 Å². The van der Waals surface area contributed by atoms with E-state index in [1.54, 1.807) is 0 Å². The van der Waals surface area contributed by atoms with Gasteiger partial charge in [-0.1, -0.05) is 231 Å². The van der Waals surface area contributed by atoms with Gasteiger partial charge >= 0.3 is 17.9 Å². The van der Waals surface area contributed by atoms with Crippen LogP contribution >= 0.6 is 0 Å². The number of unbranched alkanes of at least 4 members (excludes halogenated alkanes) is 35. The second-order valence-electron chi connectivity index (χ2n) is 18.5. The summed E-state index contributed by atoms with van der Waals surface area (Å²) in [5.74, 6) is -0.887. The van der Waals surface area contributed by atoms with Crippen molar-refractivity contribution in [2.45, 2.75) is 303 Å². The van der Waals surface area contributed by atoms with Crippen molar-refractivity contribution in [3.8, 4) is 0 Å². The minimum absolute atomic E-state index is 0.0760. The summed E-state index contributed by atoms with van der Waals surface area (Å²) in [4.78, 5) is 38.0. The average molecular weight is 873 g/mol. The van der Waals surface area contributed by atoms with Gasteiger partial charge in [0.05, 0.1) is 0 Å². The maximum Gasteiger partial charge on any atom is 0.306 e. The molecule has 364 valence electrons. The molecule has 0 rings (SSSR count). The van der Waals surface area contributed by atoms with Gasteiger partial charge in [-0.3, -0.25) is 14.4 Å². The molecular formula is C56H104O6. The van der Waals surface area contributed by atoms with E-state index in [-0.39, 0.29) is 31.1 Å². The van der Waals surface area contributed by atoms with E-state index in [1.165, 1.54) is 180 Å². The minimum atomic E-state index is -0.777. The topological polar surface area (TPSA) is 78.9 Å². The van der Waals surface area contributed by atoms with Gasteiger partial charge in [0.25, 0.3) is 0 Å². The number of carbonyl (C=O) groups excluding carboxylic acids is 3. The predicted octanol–water partition coefficient (Wildman–Crippen LogP) is 17.9. The first-order valence-electron chi connectivity index (χ1n) is 27.3. The van der Waals surface area contributed by atoms with Crippen LogP contribution in [0.25, 0.3) is 0 Å². The van der Waals surface area contributed by atoms with Crippen LogP contribution < -0.4 is 0 Å². The van der Waals surface area contributed by atoms with Crippen LogP contribution in [0.5, 0.6) is 0 Å². The summed E-state index contributed by atoms with van der Waals surface area (Å²) in [5.41, 5.74) is 0. The first kappa shape index (κ1) is 59.9. The zero-order valence-corrected chi connectivity index (χ0v) is 41.7. The van der Waals surface area contributed by atoms with E-state index in [0.29, 0.717) is 19.3 Å². The molecule has 0 aliphatic heterocycles. The Bertz CT molecular complexity index is 1000. The lowest BCUT2D eigenvalue weighted by Crippen LogP contribution is -2.30. The van der Waals surface area contributed by atoms with Crippen LogP contribution in [0.3, 0.4) is 0 Å². The smallest absolute Gasteiger partial charge is 0.306 e. The van der Waals surface area contributed by atoms with Crippen molar-refractivity contribution in [2.24, 2.45) is 0 Å². The molecule has 1 atom stereocenters. The van der Waals surface area contributed by atoms with Gasteiger partial charge in [0, 0.05) is 19.3 Å². The molecule has 0 heterocycles. The van der Waals surface area contributed by atoms with Crippen LogP contribution in [0.1, 0.15) is 297 Å². The van der Waals surface area contributed by atoms with Gasteiger partial charge in [0.1, 0.15) is 13.2 Å². The molecule has 6 nitrogen and oxygen atoms in total. The molecule has 0 aromatic heterocycles. The molecule has 0 aromatic carbocycles. The largest absolute Gasteiger partial charge is 0.462 e. The number of rotatable bonds is 50. The Morgan fingerprint density at radius 3 is 0.855 bits per heavy atom. The van der Waals surface area contributed by atoms with E-state index in [1.807, 2.05) is 0 Å². The highest BCUT2D eigenvalue weighted by atomic mass is 16.6. The normalized spacial score (nSPS) is 12.1. The average Bonchev–Trinajstić information content (AvgIpc) is 3.27. The van der Waals surface area contributed by atoms with Crippen LogP contribution in [0, 0.1) is 0 Å². The van der Waals surface area contributed by atoms with Gasteiger partial charge in [-0.05, 0) is 70.6 Å². The third kappa shape index (κ3) is 48.9. The van der Waals surface area contributed by atoms with E-state index in [9.17, 15) is 14.4 Å². The molecule has 0 fully saturated rings. The Labute approximate surface area is 385 Å². The summed E-state index contributed by atoms with van der Waals surface area (Å²) in [5, 5.41) is 0. The fourth-order valence-corrected chi connectivity index (χ4v) is 8.02. The number of carbonyl (C=O) groups is 3. The SMILES string of the molecule is CCCCC/C=C\CCCCCCCC(=O)OCC(COC(=O)CCCCCCCCCCCCCCCCCCCCC)OC(=O)CCCCC/C=C\CCCCCCCC. The fourth-order valence-electron chi connectivity index (χ4n) is 8.02. The zero-order valence-electron chi connectivity index (χ0n) is 41.7. The minimum Gasteiger partial charge on any atom is -0.462 e. The molecule has 1 unspecified atom stereocenters. The molecule has 6 heteroatoms. The van der Waals surface area contributed by atoms with E-state index in [2.05, 4.69) is 45.1 Å². The molecule has 0 aliphatic rings. The number of hydrogen-bond donors (Lipinski definition) is 0. The highest BCUT2D eigenvalue weighted by Crippen LogP contribution is 2.16. The standard InChI is InChI=1S/C56H104O6/c1-4-7-10-13-16-19-22-25-26-27-28-29-30-32-34-37-40-43-46-49-55(58)61-52-53(51-60-54(57)48-45-42-39-36-33-24-21-18-15-12-9-6-3)62-56(59)50-47-44-41-38-35-31-23-20-17-14-11-8-5-2/h18,21,31,35,53H,4-17,19-20,22-30,32-34,36-52H2,1-3H3/b21-18-,35-31-. The van der Waals surface area contributed by atoms with Gasteiger partial charge in [0.2, 0.25) is 0 Å². The van der Waals surface area contributed by atoms with Crippen molar-refractivity contribution in [3.05, 3.63) is 24.3 Å². The van der Waals surface area contributed by atoms with Gasteiger partial charge in [-0.15, -0.1) is 0 Å². The number of allylic oxidation sites excluding steroid dienone is 4. The molecular weight excluding hydrogens is 769 g/mol. The third-order valence-electron chi connectivity index (χ3n) is 12.2. The van der Waals surface area contributed by atoms with Gasteiger partial charge < -0.3 is 14.2 Å². The highest BCUT2D eigenvalue weighted by molar-refractivity contribution is 5.71. The fraction of sp³-hybridized carbons (Fsp3) is 0.875. The van der Waals surface area contributed by atoms with Gasteiger partial charge in [-0.2, -0.15) is 0 Å². The number of hydrogen-bond acceptors (Lipinski definition) is 6. The number of esters is 3. The summed E-state index contributed by atoms with van der Waals surface area (Å²) >= 11 is 0. The monoisotopic (exact) mass is 873 g/mol. The summed E-state index contributed by atoms with van der Waals surface area (Å²) < 4.78 is 16.8. The van der Waals surface area contributed by atoms with Crippen molar-refractivity contribution >= 4 is 17.9 Å². The molecule has 0 N–H and O–H groups in total. The second-order valence-corrected chi connectivity index (χ2v) is 18.5. The van der Waals surface area contributed by atoms with Crippen molar-refractivity contribution < 1.29 is 28.6 Å². The predicted molar refractivity (Wildman–Crippen MR) is 266 cm³/mol. The lowest BCUT2D eigenvalue weighted by Gasteiger charge is -2.18. The number of ether oxygens (including phenoxy) is 3. The van der Waals surface area contributed by atoms with Crippen LogP contribution in [0.2, 0.25) is 0 Å². The summed E-state index contributed by atoms with van der Waals surface area (Å²) in [7, 11) is 0. The van der Waals surface area contributed by atoms with E-state index >= 15 is 0 Å². The highest BCUT2D eigenvalue weighted by Gasteiger charge is 2.19. The Morgan fingerprint density at radius 1 is 0.306 bits per heavy atom. The molecule has 0 aromatic rings. The van der Waals surface area contributed by atoms with Crippen LogP contribution in [-0.4, -0.2) is 37.2 Å². The molecule has 0 bridgehead atoms. The van der Waals surface area contributed by atoms with E-state index in [0.717, 1.165) is 77.0 Å². The first-order chi connectivity index (χ1) is 30.5. The Hall–Kier alpha value is -2.11. The van der Waals surface area contributed by atoms with Crippen molar-refractivity contribution in [1.82, 2.24) is 0 Å². The molecule has 0 aliphatic carbocycles. The zero-order chi connectivity index (χ0) is 45.1. The Kier molecular flexibility index (Phi) is 49.8. The molecule has 62 heavy (non-hydrogen) atoms. The molecule has 0 saturated carbocycles. The van der Waals surface area contributed by atoms with Gasteiger partial charge in [0.15, 0.2) is 6.10 Å². The van der Waals surface area contributed by atoms with Crippen molar-refractivity contribution in [1.29, 1.82) is 0 Å². The molecule has 0 spiro atoms. The molecule has 0 radical (unpaired) electrons. The lowest BCUT2D eigenvalue weighted by atomic mass is 10.0. The van der Waals surface area contributed by atoms with Crippen LogP contribution in [-0.2, 0) is 28.6 Å². The van der Waals surface area contributed by atoms with Crippen molar-refractivity contribution in [3.63, 3.8) is 0 Å². The summed E-state index contributed by atoms with van der Waals surface area (Å²) in [6, 6.07) is 0. The Morgan fingerprint density at radius 2 is 0.532 bits per heavy atom. The lowest BCUT2D eigenvalue weighted by molar-refractivity contribution is -0.167. The third-order valence-corrected chi connectivity index (χ3v) is 12.2. The maximum atomic E-state index is 12.8. The molecule has 0 amide bonds. The summed E-state index contributed by atoms with van der Waals surface area (Å²) in [6.45, 7) is 6.62. The first-order valence-corrected chi connectivity index (χ1v) is 27.3. The summed E-state index contributed by atoms with van der Waals surface area (Å²) in [6.07, 6.45) is 58.8. The van der Waals surface area contributed by atoms with Crippen LogP contribution in [0.4, 0.5) is 0 Å². The Balaban J connectivity index is 4.30. The molecule has 0 saturated heterocycles. The van der Waals surface area contributed by atoms with Crippen LogP contribution in [0.15, 0.2) is 24.3 Å². The van der Waals surface area contributed by atoms with Gasteiger partial charge in [-0.25, -0.2) is 0 Å². The van der Waals surface area contributed by atoms with E-state index < -0.39 is 6.10 Å².